The van der Waals surface area contributed by atoms with Crippen molar-refractivity contribution < 1.29 is 9.90 Å². The molecule has 7 nitrogen and oxygen atoms in total. The molecule has 1 aromatic rings. The van der Waals surface area contributed by atoms with Crippen molar-refractivity contribution in [3.63, 3.8) is 0 Å². The molecule has 1 fully saturated rings. The summed E-state index contributed by atoms with van der Waals surface area (Å²) in [5.74, 6) is 0.844. The smallest absolute Gasteiger partial charge is 0.234 e. The zero-order valence-electron chi connectivity index (χ0n) is 18.5. The second-order valence-electron chi connectivity index (χ2n) is 7.69. The second-order valence-corrected chi connectivity index (χ2v) is 7.69. The van der Waals surface area contributed by atoms with Crippen LogP contribution in [0.1, 0.15) is 50.3 Å². The zero-order valence-corrected chi connectivity index (χ0v) is 20.8. The third-order valence-electron chi connectivity index (χ3n) is 5.10. The number of aryl methyl sites for hydroxylation is 1. The van der Waals surface area contributed by atoms with Gasteiger partial charge in [0.05, 0.1) is 19.2 Å². The minimum atomic E-state index is -0.616. The number of aliphatic imine (C=N–C) groups is 1. The van der Waals surface area contributed by atoms with Crippen LogP contribution in [0.2, 0.25) is 0 Å². The zero-order chi connectivity index (χ0) is 21.1. The van der Waals surface area contributed by atoms with Gasteiger partial charge in [0.2, 0.25) is 5.91 Å². The molecule has 1 aliphatic rings. The van der Waals surface area contributed by atoms with E-state index in [1.807, 2.05) is 38.1 Å². The molecule has 0 saturated carbocycles. The molecule has 8 heteroatoms. The summed E-state index contributed by atoms with van der Waals surface area (Å²) < 4.78 is 0. The van der Waals surface area contributed by atoms with Gasteiger partial charge in [-0.05, 0) is 38.7 Å². The van der Waals surface area contributed by atoms with Gasteiger partial charge in [-0.15, -0.1) is 24.0 Å². The van der Waals surface area contributed by atoms with E-state index in [0.717, 1.165) is 57.0 Å². The number of benzene rings is 1. The van der Waals surface area contributed by atoms with Crippen LogP contribution in [0.4, 0.5) is 0 Å². The largest absolute Gasteiger partial charge is 0.386 e. The Hall–Kier alpha value is -1.39. The molecular formula is C22H38IN5O2. The van der Waals surface area contributed by atoms with E-state index >= 15 is 0 Å². The van der Waals surface area contributed by atoms with Gasteiger partial charge in [0.15, 0.2) is 5.96 Å². The van der Waals surface area contributed by atoms with Crippen molar-refractivity contribution in [2.24, 2.45) is 4.99 Å². The van der Waals surface area contributed by atoms with E-state index in [9.17, 15) is 9.90 Å². The molecule has 4 N–H and O–H groups in total. The summed E-state index contributed by atoms with van der Waals surface area (Å²) in [7, 11) is 0. The van der Waals surface area contributed by atoms with Gasteiger partial charge in [-0.1, -0.05) is 36.8 Å². The number of carbonyl (C=O) groups is 1. The van der Waals surface area contributed by atoms with Crippen LogP contribution >= 0.6 is 24.0 Å². The normalized spacial score (nSPS) is 16.5. The lowest BCUT2D eigenvalue weighted by Gasteiger charge is -2.32. The number of hydrogen-bond donors (Lipinski definition) is 4. The maximum atomic E-state index is 11.9. The quantitative estimate of drug-likeness (QED) is 0.223. The van der Waals surface area contributed by atoms with Crippen LogP contribution < -0.4 is 16.0 Å². The Kier molecular flexibility index (Phi) is 13.0. The van der Waals surface area contributed by atoms with E-state index in [4.69, 9.17) is 0 Å². The van der Waals surface area contributed by atoms with E-state index in [0.29, 0.717) is 19.1 Å². The molecule has 0 bridgehead atoms. The average Bonchev–Trinajstić information content (AvgIpc) is 2.72. The maximum Gasteiger partial charge on any atom is 0.234 e. The predicted octanol–water partition coefficient (Wildman–Crippen LogP) is 2.19. The summed E-state index contributed by atoms with van der Waals surface area (Å²) >= 11 is 0. The highest BCUT2D eigenvalue weighted by Crippen LogP contribution is 2.14. The van der Waals surface area contributed by atoms with Gasteiger partial charge in [-0.3, -0.25) is 14.7 Å². The van der Waals surface area contributed by atoms with E-state index < -0.39 is 6.10 Å². The molecule has 0 radical (unpaired) electrons. The molecule has 0 aromatic heterocycles. The number of carbonyl (C=O) groups excluding carboxylic acids is 1. The molecule has 1 heterocycles. The Bertz CT molecular complexity index is 645. The van der Waals surface area contributed by atoms with E-state index in [1.54, 1.807) is 0 Å². The minimum Gasteiger partial charge on any atom is -0.386 e. The van der Waals surface area contributed by atoms with Gasteiger partial charge in [0, 0.05) is 32.2 Å². The number of aliphatic hydroxyl groups is 1. The van der Waals surface area contributed by atoms with Crippen molar-refractivity contribution in [2.75, 3.05) is 39.3 Å². The Labute approximate surface area is 198 Å². The minimum absolute atomic E-state index is 0. The number of rotatable bonds is 9. The van der Waals surface area contributed by atoms with Crippen molar-refractivity contribution in [3.05, 3.63) is 35.4 Å². The summed E-state index contributed by atoms with van der Waals surface area (Å²) in [6.45, 7) is 10.2. The Morgan fingerprint density at radius 2 is 1.87 bits per heavy atom. The number of amides is 1. The molecule has 1 unspecified atom stereocenters. The van der Waals surface area contributed by atoms with Crippen molar-refractivity contribution in [3.8, 4) is 0 Å². The summed E-state index contributed by atoms with van der Waals surface area (Å²) in [4.78, 5) is 18.7. The monoisotopic (exact) mass is 531 g/mol. The highest BCUT2D eigenvalue weighted by Gasteiger charge is 2.21. The molecule has 1 atom stereocenters. The highest BCUT2D eigenvalue weighted by molar-refractivity contribution is 14.0. The van der Waals surface area contributed by atoms with Crippen molar-refractivity contribution >= 4 is 35.8 Å². The lowest BCUT2D eigenvalue weighted by Crippen LogP contribution is -2.50. The van der Waals surface area contributed by atoms with Crippen LogP contribution in [0.5, 0.6) is 0 Å². The first kappa shape index (κ1) is 26.6. The summed E-state index contributed by atoms with van der Waals surface area (Å²) in [5.41, 5.74) is 2.05. The van der Waals surface area contributed by atoms with E-state index in [-0.39, 0.29) is 29.9 Å². The van der Waals surface area contributed by atoms with Crippen LogP contribution in [-0.4, -0.2) is 67.2 Å². The molecule has 1 saturated heterocycles. The van der Waals surface area contributed by atoms with Crippen molar-refractivity contribution in [1.29, 1.82) is 0 Å². The van der Waals surface area contributed by atoms with E-state index in [2.05, 4.69) is 32.8 Å². The third kappa shape index (κ3) is 9.61. The number of nitrogens with zero attached hydrogens (tertiary/aromatic N) is 2. The van der Waals surface area contributed by atoms with Gasteiger partial charge in [0.25, 0.3) is 0 Å². The highest BCUT2D eigenvalue weighted by atomic mass is 127. The Morgan fingerprint density at radius 1 is 1.20 bits per heavy atom. The first-order valence-corrected chi connectivity index (χ1v) is 10.8. The maximum absolute atomic E-state index is 11.9. The number of nitrogens with one attached hydrogen (secondary N) is 3. The molecule has 0 aliphatic carbocycles. The van der Waals surface area contributed by atoms with Crippen LogP contribution in [0.15, 0.2) is 29.3 Å². The molecule has 1 aliphatic heterocycles. The van der Waals surface area contributed by atoms with Gasteiger partial charge in [-0.25, -0.2) is 0 Å². The Balaban J connectivity index is 0.00000450. The topological polar surface area (TPSA) is 89.0 Å². The summed E-state index contributed by atoms with van der Waals surface area (Å²) in [6.07, 6.45) is 2.27. The molecular weight excluding hydrogens is 493 g/mol. The van der Waals surface area contributed by atoms with Gasteiger partial charge >= 0.3 is 0 Å². The van der Waals surface area contributed by atoms with Gasteiger partial charge in [0.1, 0.15) is 0 Å². The van der Waals surface area contributed by atoms with Crippen LogP contribution in [0.3, 0.4) is 0 Å². The summed E-state index contributed by atoms with van der Waals surface area (Å²) in [5, 5.41) is 20.1. The van der Waals surface area contributed by atoms with Crippen LogP contribution in [0.25, 0.3) is 0 Å². The number of aliphatic hydroxyl groups excluding tert-OH is 1. The molecule has 1 amide bonds. The van der Waals surface area contributed by atoms with Crippen LogP contribution in [-0.2, 0) is 4.79 Å². The molecule has 1 aromatic carbocycles. The number of guanidine groups is 1. The third-order valence-corrected chi connectivity index (χ3v) is 5.10. The molecule has 0 spiro atoms. The standard InChI is InChI=1S/C22H37N5O2.HI/c1-4-12-24-21(29)16-27-13-10-19(11-14-27)26-22(23-5-2)25-15-20(28)18-8-6-17(3)7-9-18;/h6-9,19-20,28H,4-5,10-16H2,1-3H3,(H,24,29)(H2,23,25,26);1H. The van der Waals surface area contributed by atoms with E-state index in [1.165, 1.54) is 5.56 Å². The number of likely N-dealkylation sites (tertiary alicyclic amines) is 1. The van der Waals surface area contributed by atoms with Gasteiger partial charge < -0.3 is 21.1 Å². The predicted molar refractivity (Wildman–Crippen MR) is 133 cm³/mol. The number of halogens is 1. The number of piperidine rings is 1. The SMILES string of the molecule is CCCNC(=O)CN1CCC(NC(=NCC(O)c2ccc(C)cc2)NCC)CC1.I. The number of hydrogen-bond acceptors (Lipinski definition) is 4. The lowest BCUT2D eigenvalue weighted by atomic mass is 10.1. The second kappa shape index (κ2) is 14.6. The Morgan fingerprint density at radius 3 is 2.47 bits per heavy atom. The fraction of sp³-hybridized carbons (Fsp3) is 0.636. The molecule has 170 valence electrons. The van der Waals surface area contributed by atoms with Crippen molar-refractivity contribution in [2.45, 2.75) is 52.2 Å². The average molecular weight is 531 g/mol. The van der Waals surface area contributed by atoms with Gasteiger partial charge in [-0.2, -0.15) is 0 Å². The first-order chi connectivity index (χ1) is 14.0. The fourth-order valence-electron chi connectivity index (χ4n) is 3.34. The lowest BCUT2D eigenvalue weighted by molar-refractivity contribution is -0.122. The summed E-state index contributed by atoms with van der Waals surface area (Å²) in [6, 6.07) is 8.22. The first-order valence-electron chi connectivity index (χ1n) is 10.8. The molecule has 2 rings (SSSR count). The molecule has 30 heavy (non-hydrogen) atoms. The van der Waals surface area contributed by atoms with Crippen LogP contribution in [0, 0.1) is 6.92 Å². The van der Waals surface area contributed by atoms with Crippen molar-refractivity contribution in [1.82, 2.24) is 20.9 Å². The fourth-order valence-corrected chi connectivity index (χ4v) is 3.34.